The lowest BCUT2D eigenvalue weighted by Crippen LogP contribution is -2.56. The van der Waals surface area contributed by atoms with Crippen molar-refractivity contribution in [3.63, 3.8) is 0 Å². The Morgan fingerprint density at radius 3 is 2.71 bits per heavy atom. The normalized spacial score (nSPS) is 27.8. The molecule has 2 rings (SSSR count). The van der Waals surface area contributed by atoms with Crippen molar-refractivity contribution in [2.45, 2.75) is 12.3 Å². The quantitative estimate of drug-likeness (QED) is 0.644. The maximum absolute atomic E-state index is 13.6. The van der Waals surface area contributed by atoms with E-state index in [1.807, 2.05) is 6.07 Å². The lowest BCUT2D eigenvalue weighted by Gasteiger charge is -2.34. The molecule has 1 aromatic carbocycles. The van der Waals surface area contributed by atoms with E-state index < -0.39 is 24.0 Å². The van der Waals surface area contributed by atoms with Gasteiger partial charge in [-0.15, -0.1) is 0 Å². The van der Waals surface area contributed by atoms with E-state index >= 15 is 0 Å². The first-order valence-electron chi connectivity index (χ1n) is 5.02. The molecule has 88 valence electrons. The van der Waals surface area contributed by atoms with Gasteiger partial charge in [-0.1, -0.05) is 18.2 Å². The van der Waals surface area contributed by atoms with E-state index in [9.17, 15) is 9.50 Å². The molecule has 3 N–H and O–H groups in total. The second kappa shape index (κ2) is 4.65. The van der Waals surface area contributed by atoms with Crippen LogP contribution in [-0.4, -0.2) is 16.4 Å². The Labute approximate surface area is 103 Å². The minimum atomic E-state index is -1.10. The zero-order valence-electron chi connectivity index (χ0n) is 8.72. The molecule has 0 bridgehead atoms. The van der Waals surface area contributed by atoms with Crippen LogP contribution in [0.2, 0.25) is 0 Å². The fourth-order valence-corrected chi connectivity index (χ4v) is 2.07. The van der Waals surface area contributed by atoms with Crippen molar-refractivity contribution >= 4 is 17.3 Å². The molecule has 4 nitrogen and oxygen atoms in total. The number of aliphatic hydroxyl groups is 1. The van der Waals surface area contributed by atoms with Gasteiger partial charge in [0.15, 0.2) is 5.11 Å². The summed E-state index contributed by atoms with van der Waals surface area (Å²) in [6.07, 6.45) is -1.10. The molecule has 1 heterocycles. The zero-order chi connectivity index (χ0) is 12.4. The van der Waals surface area contributed by atoms with Crippen LogP contribution in [0, 0.1) is 23.1 Å². The van der Waals surface area contributed by atoms with Crippen molar-refractivity contribution in [3.8, 4) is 6.07 Å². The number of rotatable bonds is 1. The van der Waals surface area contributed by atoms with E-state index in [2.05, 4.69) is 10.6 Å². The summed E-state index contributed by atoms with van der Waals surface area (Å²) in [5, 5.41) is 24.2. The Bertz CT molecular complexity index is 488. The van der Waals surface area contributed by atoms with Crippen molar-refractivity contribution in [1.29, 1.82) is 5.26 Å². The van der Waals surface area contributed by atoms with Crippen LogP contribution in [0.4, 0.5) is 4.39 Å². The molecule has 0 amide bonds. The molecular weight excluding hydrogens is 241 g/mol. The predicted molar refractivity (Wildman–Crippen MR) is 63.1 cm³/mol. The number of halogens is 1. The highest BCUT2D eigenvalue weighted by Crippen LogP contribution is 2.28. The van der Waals surface area contributed by atoms with E-state index in [4.69, 9.17) is 17.5 Å². The molecule has 6 heteroatoms. The van der Waals surface area contributed by atoms with Crippen molar-refractivity contribution in [3.05, 3.63) is 35.6 Å². The third-order valence-electron chi connectivity index (χ3n) is 2.65. The highest BCUT2D eigenvalue weighted by Gasteiger charge is 2.36. The van der Waals surface area contributed by atoms with E-state index in [1.54, 1.807) is 18.2 Å². The molecule has 0 aliphatic carbocycles. The van der Waals surface area contributed by atoms with Gasteiger partial charge < -0.3 is 15.7 Å². The SMILES string of the molecule is N#C[C@H]1[C@H](O)NC(=S)N[C@@H]1c1ccccc1F. The molecule has 0 saturated carbocycles. The summed E-state index contributed by atoms with van der Waals surface area (Å²) in [5.41, 5.74) is 0.321. The van der Waals surface area contributed by atoms with E-state index in [0.29, 0.717) is 5.56 Å². The predicted octanol–water partition coefficient (Wildman–Crippen LogP) is 0.803. The van der Waals surface area contributed by atoms with Crippen molar-refractivity contribution in [2.24, 2.45) is 5.92 Å². The number of hydrogen-bond donors (Lipinski definition) is 3. The molecule has 1 aliphatic heterocycles. The summed E-state index contributed by atoms with van der Waals surface area (Å²) in [6.45, 7) is 0. The fraction of sp³-hybridized carbons (Fsp3) is 0.273. The fourth-order valence-electron chi connectivity index (χ4n) is 1.82. The smallest absolute Gasteiger partial charge is 0.168 e. The van der Waals surface area contributed by atoms with Gasteiger partial charge in [0.2, 0.25) is 0 Å². The maximum atomic E-state index is 13.6. The first kappa shape index (κ1) is 11.8. The van der Waals surface area contributed by atoms with Crippen LogP contribution < -0.4 is 10.6 Å². The third kappa shape index (κ3) is 2.20. The Morgan fingerprint density at radius 2 is 2.06 bits per heavy atom. The minimum absolute atomic E-state index is 0.206. The van der Waals surface area contributed by atoms with Crippen LogP contribution in [-0.2, 0) is 0 Å². The van der Waals surface area contributed by atoms with Gasteiger partial charge in [-0.05, 0) is 18.3 Å². The number of hydrogen-bond acceptors (Lipinski definition) is 3. The topological polar surface area (TPSA) is 68.1 Å². The van der Waals surface area contributed by atoms with Gasteiger partial charge in [0.1, 0.15) is 18.0 Å². The van der Waals surface area contributed by atoms with Crippen molar-refractivity contribution in [2.75, 3.05) is 0 Å². The summed E-state index contributed by atoms with van der Waals surface area (Å²) in [5.74, 6) is -1.24. The monoisotopic (exact) mass is 251 g/mol. The molecule has 0 radical (unpaired) electrons. The number of nitrogens with one attached hydrogen (secondary N) is 2. The third-order valence-corrected chi connectivity index (χ3v) is 2.89. The Hall–Kier alpha value is -1.71. The number of nitrogens with zero attached hydrogens (tertiary/aromatic N) is 1. The Balaban J connectivity index is 2.39. The standard InChI is InChI=1S/C11H10FN3OS/c12-8-4-2-1-3-6(8)9-7(5-13)10(16)15-11(17)14-9/h1-4,7,9-10,16H,(H2,14,15,17)/t7-,9-,10+/m1/s1. The molecule has 0 spiro atoms. The molecule has 1 aromatic rings. The van der Waals surface area contributed by atoms with E-state index in [-0.39, 0.29) is 5.11 Å². The van der Waals surface area contributed by atoms with Gasteiger partial charge in [0.05, 0.1) is 12.1 Å². The molecular formula is C11H10FN3OS. The van der Waals surface area contributed by atoms with Gasteiger partial charge in [-0.25, -0.2) is 4.39 Å². The van der Waals surface area contributed by atoms with Gasteiger partial charge in [-0.3, -0.25) is 0 Å². The Kier molecular flexibility index (Phi) is 3.22. The average Bonchev–Trinajstić information content (AvgIpc) is 2.28. The minimum Gasteiger partial charge on any atom is -0.372 e. The van der Waals surface area contributed by atoms with Gasteiger partial charge in [0.25, 0.3) is 0 Å². The molecule has 0 unspecified atom stereocenters. The summed E-state index contributed by atoms with van der Waals surface area (Å²) < 4.78 is 13.6. The van der Waals surface area contributed by atoms with Crippen LogP contribution in [0.25, 0.3) is 0 Å². The number of nitriles is 1. The summed E-state index contributed by atoms with van der Waals surface area (Å²) in [6, 6.07) is 7.41. The van der Waals surface area contributed by atoms with Gasteiger partial charge >= 0.3 is 0 Å². The van der Waals surface area contributed by atoms with Gasteiger partial charge in [0, 0.05) is 5.56 Å². The van der Waals surface area contributed by atoms with Crippen LogP contribution >= 0.6 is 12.2 Å². The van der Waals surface area contributed by atoms with Crippen LogP contribution in [0.3, 0.4) is 0 Å². The van der Waals surface area contributed by atoms with Crippen LogP contribution in [0.5, 0.6) is 0 Å². The lowest BCUT2D eigenvalue weighted by molar-refractivity contribution is 0.0888. The molecule has 1 aliphatic rings. The number of aliphatic hydroxyl groups excluding tert-OH is 1. The van der Waals surface area contributed by atoms with E-state index in [1.165, 1.54) is 6.07 Å². The molecule has 17 heavy (non-hydrogen) atoms. The Morgan fingerprint density at radius 1 is 1.35 bits per heavy atom. The molecule has 1 saturated heterocycles. The van der Waals surface area contributed by atoms with Crippen LogP contribution in [0.1, 0.15) is 11.6 Å². The van der Waals surface area contributed by atoms with Crippen LogP contribution in [0.15, 0.2) is 24.3 Å². The second-order valence-electron chi connectivity index (χ2n) is 3.72. The summed E-state index contributed by atoms with van der Waals surface area (Å²) in [4.78, 5) is 0. The van der Waals surface area contributed by atoms with Crippen molar-refractivity contribution < 1.29 is 9.50 Å². The zero-order valence-corrected chi connectivity index (χ0v) is 9.54. The molecule has 3 atom stereocenters. The number of benzene rings is 1. The highest BCUT2D eigenvalue weighted by atomic mass is 32.1. The molecule has 0 aromatic heterocycles. The first-order chi connectivity index (χ1) is 8.13. The first-order valence-corrected chi connectivity index (χ1v) is 5.43. The second-order valence-corrected chi connectivity index (χ2v) is 4.12. The average molecular weight is 251 g/mol. The van der Waals surface area contributed by atoms with E-state index in [0.717, 1.165) is 0 Å². The largest absolute Gasteiger partial charge is 0.372 e. The highest BCUT2D eigenvalue weighted by molar-refractivity contribution is 7.80. The van der Waals surface area contributed by atoms with Gasteiger partial charge in [-0.2, -0.15) is 5.26 Å². The lowest BCUT2D eigenvalue weighted by atomic mass is 9.91. The number of thiocarbonyl (C=S) groups is 1. The summed E-state index contributed by atoms with van der Waals surface area (Å²) in [7, 11) is 0. The maximum Gasteiger partial charge on any atom is 0.168 e. The summed E-state index contributed by atoms with van der Waals surface area (Å²) >= 11 is 4.89. The van der Waals surface area contributed by atoms with Crippen molar-refractivity contribution in [1.82, 2.24) is 10.6 Å². The molecule has 1 fully saturated rings.